The molecule has 0 radical (unpaired) electrons. The van der Waals surface area contributed by atoms with E-state index in [2.05, 4.69) is 49.0 Å². The second-order valence-corrected chi connectivity index (χ2v) is 6.82. The van der Waals surface area contributed by atoms with Crippen molar-refractivity contribution in [1.82, 2.24) is 39.6 Å². The Morgan fingerprint density at radius 2 is 2.13 bits per heavy atom. The van der Waals surface area contributed by atoms with Crippen molar-refractivity contribution in [2.45, 2.75) is 44.4 Å². The lowest BCUT2D eigenvalue weighted by atomic mass is 10.1. The summed E-state index contributed by atoms with van der Waals surface area (Å²) in [5, 5.41) is 17.0. The van der Waals surface area contributed by atoms with E-state index in [9.17, 15) is 0 Å². The topological polar surface area (TPSA) is 67.9 Å². The molecular formula is C15H24N8. The zero-order valence-electron chi connectivity index (χ0n) is 13.8. The Balaban J connectivity index is 1.51. The van der Waals surface area contributed by atoms with Crippen molar-refractivity contribution in [1.29, 1.82) is 0 Å². The average molecular weight is 316 g/mol. The minimum Gasteiger partial charge on any atom is -0.314 e. The summed E-state index contributed by atoms with van der Waals surface area (Å²) in [5.74, 6) is 2.26. The fourth-order valence-electron chi connectivity index (χ4n) is 3.82. The van der Waals surface area contributed by atoms with E-state index in [1.54, 1.807) is 6.20 Å². The van der Waals surface area contributed by atoms with E-state index in [0.29, 0.717) is 12.1 Å². The zero-order chi connectivity index (χ0) is 15.8. The van der Waals surface area contributed by atoms with Gasteiger partial charge in [0.15, 0.2) is 0 Å². The number of likely N-dealkylation sites (N-methyl/N-ethyl adjacent to an activating group) is 1. The largest absolute Gasteiger partial charge is 0.314 e. The average Bonchev–Trinajstić information content (AvgIpc) is 3.26. The first-order chi connectivity index (χ1) is 11.2. The Kier molecular flexibility index (Phi) is 3.86. The van der Waals surface area contributed by atoms with Gasteiger partial charge in [-0.05, 0) is 26.9 Å². The van der Waals surface area contributed by atoms with Gasteiger partial charge >= 0.3 is 0 Å². The number of aromatic nitrogens is 6. The van der Waals surface area contributed by atoms with Crippen molar-refractivity contribution in [2.75, 3.05) is 27.2 Å². The van der Waals surface area contributed by atoms with Gasteiger partial charge < -0.3 is 9.47 Å². The van der Waals surface area contributed by atoms with E-state index in [1.165, 1.54) is 12.8 Å². The van der Waals surface area contributed by atoms with Crippen LogP contribution in [0.1, 0.15) is 30.5 Å². The molecule has 0 unspecified atom stereocenters. The number of aryl methyl sites for hydroxylation is 1. The molecule has 0 aliphatic carbocycles. The summed E-state index contributed by atoms with van der Waals surface area (Å²) in [7, 11) is 4.27. The number of hydrogen-bond acceptors (Lipinski definition) is 6. The molecule has 124 valence electrons. The van der Waals surface area contributed by atoms with Crippen molar-refractivity contribution in [3.63, 3.8) is 0 Å². The quantitative estimate of drug-likeness (QED) is 0.802. The number of likely N-dealkylation sites (tertiary alicyclic amines) is 1. The van der Waals surface area contributed by atoms with Gasteiger partial charge in [0.05, 0.1) is 18.8 Å². The first-order valence-corrected chi connectivity index (χ1v) is 8.38. The van der Waals surface area contributed by atoms with Crippen LogP contribution in [-0.2, 0) is 19.5 Å². The van der Waals surface area contributed by atoms with Crippen LogP contribution in [0.15, 0.2) is 12.4 Å². The molecule has 0 aromatic carbocycles. The summed E-state index contributed by atoms with van der Waals surface area (Å²) in [4.78, 5) is 4.74. The fraction of sp³-hybridized carbons (Fsp3) is 0.733. The molecule has 23 heavy (non-hydrogen) atoms. The molecule has 2 aromatic heterocycles. The second kappa shape index (κ2) is 6.01. The highest BCUT2D eigenvalue weighted by Gasteiger charge is 2.36. The molecule has 2 aliphatic heterocycles. The highest BCUT2D eigenvalue weighted by Crippen LogP contribution is 2.26. The highest BCUT2D eigenvalue weighted by atomic mass is 15.5. The summed E-state index contributed by atoms with van der Waals surface area (Å²) in [6.07, 6.45) is 7.25. The van der Waals surface area contributed by atoms with E-state index >= 15 is 0 Å². The summed E-state index contributed by atoms with van der Waals surface area (Å²) < 4.78 is 4.31. The van der Waals surface area contributed by atoms with Crippen LogP contribution in [0.3, 0.4) is 0 Å². The first kappa shape index (κ1) is 14.8. The first-order valence-electron chi connectivity index (χ1n) is 8.38. The molecule has 0 saturated carbocycles. The van der Waals surface area contributed by atoms with Crippen LogP contribution < -0.4 is 0 Å². The third-order valence-electron chi connectivity index (χ3n) is 5.08. The maximum Gasteiger partial charge on any atom is 0.147 e. The Hall–Kier alpha value is -1.80. The van der Waals surface area contributed by atoms with Gasteiger partial charge in [-0.1, -0.05) is 5.21 Å². The molecule has 4 rings (SSSR count). The standard InChI is InChI=1S/C15H24N8/c1-20(2)12-9-21(10-13(12)23-8-6-16-19-23)11-15-18-17-14-5-3-4-7-22(14)15/h6,8,12-13H,3-5,7,9-11H2,1-2H3/t12-,13+/m1/s1. The molecule has 2 atom stereocenters. The van der Waals surface area contributed by atoms with E-state index in [4.69, 9.17) is 0 Å². The summed E-state index contributed by atoms with van der Waals surface area (Å²) in [5.41, 5.74) is 0. The number of rotatable bonds is 4. The van der Waals surface area contributed by atoms with Crippen LogP contribution >= 0.6 is 0 Å². The minimum absolute atomic E-state index is 0.330. The van der Waals surface area contributed by atoms with Crippen LogP contribution in [0.25, 0.3) is 0 Å². The Morgan fingerprint density at radius 1 is 1.22 bits per heavy atom. The molecule has 0 bridgehead atoms. The lowest BCUT2D eigenvalue weighted by molar-refractivity contribution is 0.236. The highest BCUT2D eigenvalue weighted by molar-refractivity contribution is 5.01. The number of nitrogens with zero attached hydrogens (tertiary/aromatic N) is 8. The summed E-state index contributed by atoms with van der Waals surface area (Å²) in [6.45, 7) is 3.91. The minimum atomic E-state index is 0.330. The SMILES string of the molecule is CN(C)[C@@H]1CN(Cc2nnc3n2CCCC3)C[C@@H]1n1ccnn1. The number of hydrogen-bond donors (Lipinski definition) is 0. The third kappa shape index (κ3) is 2.76. The molecule has 2 aromatic rings. The van der Waals surface area contributed by atoms with Crippen LogP contribution in [0.5, 0.6) is 0 Å². The van der Waals surface area contributed by atoms with Gasteiger partial charge in [0, 0.05) is 38.3 Å². The fourth-order valence-corrected chi connectivity index (χ4v) is 3.82. The van der Waals surface area contributed by atoms with Crippen molar-refractivity contribution in [3.05, 3.63) is 24.0 Å². The maximum absolute atomic E-state index is 4.44. The smallest absolute Gasteiger partial charge is 0.147 e. The molecular weight excluding hydrogens is 292 g/mol. The number of fused-ring (bicyclic) bond motifs is 1. The van der Waals surface area contributed by atoms with E-state index < -0.39 is 0 Å². The lowest BCUT2D eigenvalue weighted by Crippen LogP contribution is -2.36. The molecule has 8 heteroatoms. The van der Waals surface area contributed by atoms with Gasteiger partial charge in [0.2, 0.25) is 0 Å². The Morgan fingerprint density at radius 3 is 2.91 bits per heavy atom. The Bertz CT molecular complexity index is 646. The Labute approximate surface area is 136 Å². The van der Waals surface area contributed by atoms with Gasteiger partial charge in [0.25, 0.3) is 0 Å². The molecule has 2 aliphatic rings. The van der Waals surface area contributed by atoms with Crippen LogP contribution in [-0.4, -0.2) is 72.8 Å². The molecule has 8 nitrogen and oxygen atoms in total. The van der Waals surface area contributed by atoms with Crippen molar-refractivity contribution in [3.8, 4) is 0 Å². The molecule has 1 saturated heterocycles. The van der Waals surface area contributed by atoms with Crippen molar-refractivity contribution < 1.29 is 0 Å². The predicted molar refractivity (Wildman–Crippen MR) is 84.8 cm³/mol. The summed E-state index contributed by atoms with van der Waals surface area (Å²) >= 11 is 0. The third-order valence-corrected chi connectivity index (χ3v) is 5.08. The predicted octanol–water partition coefficient (Wildman–Crippen LogP) is 0.193. The second-order valence-electron chi connectivity index (χ2n) is 6.82. The van der Waals surface area contributed by atoms with E-state index in [1.807, 2.05) is 10.9 Å². The van der Waals surface area contributed by atoms with Gasteiger partial charge in [-0.2, -0.15) is 0 Å². The van der Waals surface area contributed by atoms with Crippen molar-refractivity contribution in [2.24, 2.45) is 0 Å². The monoisotopic (exact) mass is 316 g/mol. The zero-order valence-corrected chi connectivity index (χ0v) is 13.8. The van der Waals surface area contributed by atoms with Crippen LogP contribution in [0.4, 0.5) is 0 Å². The lowest BCUT2D eigenvalue weighted by Gasteiger charge is -2.24. The van der Waals surface area contributed by atoms with Crippen LogP contribution in [0.2, 0.25) is 0 Å². The molecule has 0 spiro atoms. The van der Waals surface area contributed by atoms with Crippen LogP contribution in [0, 0.1) is 0 Å². The summed E-state index contributed by atoms with van der Waals surface area (Å²) in [6, 6.07) is 0.761. The van der Waals surface area contributed by atoms with Gasteiger partial charge in [-0.15, -0.1) is 15.3 Å². The van der Waals surface area contributed by atoms with E-state index in [-0.39, 0.29) is 0 Å². The molecule has 0 amide bonds. The normalized spacial score (nSPS) is 25.2. The van der Waals surface area contributed by atoms with Gasteiger partial charge in [0.1, 0.15) is 11.6 Å². The maximum atomic E-state index is 4.44. The molecule has 4 heterocycles. The van der Waals surface area contributed by atoms with Gasteiger partial charge in [-0.25, -0.2) is 4.68 Å². The van der Waals surface area contributed by atoms with Crippen molar-refractivity contribution >= 4 is 0 Å². The van der Waals surface area contributed by atoms with E-state index in [0.717, 1.165) is 44.2 Å². The molecule has 1 fully saturated rings. The van der Waals surface area contributed by atoms with Gasteiger partial charge in [-0.3, -0.25) is 4.90 Å². The molecule has 0 N–H and O–H groups in total.